The molecule has 0 amide bonds. The number of benzene rings is 2. The molecule has 1 aliphatic rings. The number of nitrogens with two attached hydrogens (primary N) is 1. The maximum absolute atomic E-state index is 5.96. The molecule has 0 spiro atoms. The number of hydrogen-bond acceptors (Lipinski definition) is 3. The monoisotopic (exact) mass is 401 g/mol. The maximum atomic E-state index is 5.96. The van der Waals surface area contributed by atoms with Gasteiger partial charge in [-0.25, -0.2) is 0 Å². The van der Waals surface area contributed by atoms with Crippen molar-refractivity contribution in [3.63, 3.8) is 0 Å². The van der Waals surface area contributed by atoms with Crippen LogP contribution in [0.4, 0.5) is 5.69 Å². The average Bonchev–Trinajstić information content (AvgIpc) is 2.75. The minimum absolute atomic E-state index is 0. The van der Waals surface area contributed by atoms with E-state index >= 15 is 0 Å². The van der Waals surface area contributed by atoms with Crippen LogP contribution in [0.5, 0.6) is 0 Å². The van der Waals surface area contributed by atoms with Crippen LogP contribution < -0.4 is 5.73 Å². The molecule has 1 heterocycles. The molecule has 1 fully saturated rings. The van der Waals surface area contributed by atoms with Crippen molar-refractivity contribution in [1.82, 2.24) is 9.80 Å². The van der Waals surface area contributed by atoms with Crippen LogP contribution in [0.15, 0.2) is 48.5 Å². The fourth-order valence-corrected chi connectivity index (χ4v) is 3.26. The molecule has 0 radical (unpaired) electrons. The lowest BCUT2D eigenvalue weighted by Gasteiger charge is -2.22. The van der Waals surface area contributed by atoms with Gasteiger partial charge in [0.05, 0.1) is 0 Å². The summed E-state index contributed by atoms with van der Waals surface area (Å²) >= 11 is 5.96. The number of halogens is 3. The molecular formula is C19H26Cl3N3. The van der Waals surface area contributed by atoms with Crippen molar-refractivity contribution in [2.24, 2.45) is 0 Å². The Labute approximate surface area is 168 Å². The van der Waals surface area contributed by atoms with Crippen LogP contribution in [0.2, 0.25) is 5.02 Å². The number of hydrogen-bond donors (Lipinski definition) is 1. The first-order valence-electron chi connectivity index (χ1n) is 8.22. The highest BCUT2D eigenvalue weighted by Gasteiger charge is 2.15. The number of nitrogen functional groups attached to an aromatic ring is 1. The van der Waals surface area contributed by atoms with Crippen molar-refractivity contribution in [2.75, 3.05) is 31.9 Å². The van der Waals surface area contributed by atoms with E-state index in [2.05, 4.69) is 34.1 Å². The first-order valence-corrected chi connectivity index (χ1v) is 8.60. The fourth-order valence-electron chi connectivity index (χ4n) is 3.14. The lowest BCUT2D eigenvalue weighted by Crippen LogP contribution is -2.30. The summed E-state index contributed by atoms with van der Waals surface area (Å²) < 4.78 is 0. The van der Waals surface area contributed by atoms with Gasteiger partial charge >= 0.3 is 0 Å². The van der Waals surface area contributed by atoms with E-state index in [9.17, 15) is 0 Å². The Morgan fingerprint density at radius 2 is 1.40 bits per heavy atom. The first-order chi connectivity index (χ1) is 11.2. The van der Waals surface area contributed by atoms with Gasteiger partial charge in [-0.3, -0.25) is 9.80 Å². The van der Waals surface area contributed by atoms with Gasteiger partial charge in [0.1, 0.15) is 0 Å². The molecular weight excluding hydrogens is 377 g/mol. The Balaban J connectivity index is 0.00000156. The number of anilines is 1. The van der Waals surface area contributed by atoms with E-state index in [4.69, 9.17) is 17.3 Å². The van der Waals surface area contributed by atoms with Crippen LogP contribution in [0.25, 0.3) is 0 Å². The predicted molar refractivity (Wildman–Crippen MR) is 112 cm³/mol. The molecule has 1 saturated heterocycles. The molecule has 0 aliphatic carbocycles. The van der Waals surface area contributed by atoms with Crippen molar-refractivity contribution in [2.45, 2.75) is 19.5 Å². The van der Waals surface area contributed by atoms with Crippen LogP contribution in [0, 0.1) is 0 Å². The minimum atomic E-state index is 0. The highest BCUT2D eigenvalue weighted by atomic mass is 35.5. The predicted octanol–water partition coefficient (Wildman–Crippen LogP) is 4.47. The van der Waals surface area contributed by atoms with E-state index < -0.39 is 0 Å². The van der Waals surface area contributed by atoms with E-state index in [0.717, 1.165) is 50.0 Å². The van der Waals surface area contributed by atoms with Crippen molar-refractivity contribution < 1.29 is 0 Å². The second kappa shape index (κ2) is 10.9. The molecule has 3 rings (SSSR count). The molecule has 0 unspecified atom stereocenters. The van der Waals surface area contributed by atoms with Gasteiger partial charge in [0.15, 0.2) is 0 Å². The second-order valence-corrected chi connectivity index (χ2v) is 6.71. The molecule has 3 nitrogen and oxygen atoms in total. The zero-order valence-corrected chi connectivity index (χ0v) is 16.6. The summed E-state index contributed by atoms with van der Waals surface area (Å²) in [7, 11) is 0. The van der Waals surface area contributed by atoms with Gasteiger partial charge in [-0.05, 0) is 54.9 Å². The largest absolute Gasteiger partial charge is 0.399 e. The topological polar surface area (TPSA) is 32.5 Å². The molecule has 2 N–H and O–H groups in total. The van der Waals surface area contributed by atoms with Crippen molar-refractivity contribution in [1.29, 1.82) is 0 Å². The molecule has 138 valence electrons. The summed E-state index contributed by atoms with van der Waals surface area (Å²) in [6.45, 7) is 6.48. The summed E-state index contributed by atoms with van der Waals surface area (Å²) in [5.74, 6) is 0. The van der Waals surface area contributed by atoms with Gasteiger partial charge in [0.25, 0.3) is 0 Å². The van der Waals surface area contributed by atoms with Gasteiger partial charge < -0.3 is 5.73 Å². The van der Waals surface area contributed by atoms with Gasteiger partial charge in [0, 0.05) is 36.9 Å². The standard InChI is InChI=1S/C19H24ClN3.2ClH/c20-18-7-5-16(6-8-18)14-22-9-2-10-23(12-11-22)15-17-3-1-4-19(21)13-17;;/h1,3-8,13H,2,9-12,14-15,21H2;2*1H. The molecule has 0 bridgehead atoms. The Hall–Kier alpha value is -0.970. The molecule has 0 saturated carbocycles. The van der Waals surface area contributed by atoms with Crippen LogP contribution in [0.1, 0.15) is 17.5 Å². The summed E-state index contributed by atoms with van der Waals surface area (Å²) in [5, 5.41) is 0.804. The van der Waals surface area contributed by atoms with Crippen LogP contribution in [-0.4, -0.2) is 36.0 Å². The number of rotatable bonds is 4. The zero-order valence-electron chi connectivity index (χ0n) is 14.2. The number of nitrogens with zero attached hydrogens (tertiary/aromatic N) is 2. The first kappa shape index (κ1) is 22.1. The van der Waals surface area contributed by atoms with Gasteiger partial charge in [-0.15, -0.1) is 24.8 Å². The zero-order chi connectivity index (χ0) is 16.1. The second-order valence-electron chi connectivity index (χ2n) is 6.28. The van der Waals surface area contributed by atoms with Crippen molar-refractivity contribution in [3.8, 4) is 0 Å². The average molecular weight is 403 g/mol. The van der Waals surface area contributed by atoms with Crippen molar-refractivity contribution >= 4 is 42.1 Å². The van der Waals surface area contributed by atoms with Crippen LogP contribution in [-0.2, 0) is 13.1 Å². The van der Waals surface area contributed by atoms with E-state index in [1.807, 2.05) is 24.3 Å². The van der Waals surface area contributed by atoms with Crippen LogP contribution >= 0.6 is 36.4 Å². The molecule has 2 aromatic carbocycles. The SMILES string of the molecule is Cl.Cl.Nc1cccc(CN2CCCN(Cc3ccc(Cl)cc3)CC2)c1. The summed E-state index contributed by atoms with van der Waals surface area (Å²) in [6, 6.07) is 16.4. The van der Waals surface area contributed by atoms with Gasteiger partial charge in [-0.1, -0.05) is 35.9 Å². The van der Waals surface area contributed by atoms with Crippen molar-refractivity contribution in [3.05, 3.63) is 64.7 Å². The quantitative estimate of drug-likeness (QED) is 0.766. The lowest BCUT2D eigenvalue weighted by atomic mass is 10.2. The summed E-state index contributed by atoms with van der Waals surface area (Å²) in [4.78, 5) is 5.05. The van der Waals surface area contributed by atoms with E-state index in [-0.39, 0.29) is 24.8 Å². The highest BCUT2D eigenvalue weighted by Crippen LogP contribution is 2.15. The Kier molecular flexibility index (Phi) is 9.62. The van der Waals surface area contributed by atoms with E-state index in [1.54, 1.807) is 0 Å². The van der Waals surface area contributed by atoms with Gasteiger partial charge in [0.2, 0.25) is 0 Å². The summed E-state index contributed by atoms with van der Waals surface area (Å²) in [6.07, 6.45) is 1.20. The molecule has 6 heteroatoms. The third-order valence-corrected chi connectivity index (χ3v) is 4.61. The Morgan fingerprint density at radius 1 is 0.800 bits per heavy atom. The van der Waals surface area contributed by atoms with Gasteiger partial charge in [-0.2, -0.15) is 0 Å². The minimum Gasteiger partial charge on any atom is -0.399 e. The van der Waals surface area contributed by atoms with Crippen LogP contribution in [0.3, 0.4) is 0 Å². The highest BCUT2D eigenvalue weighted by molar-refractivity contribution is 6.30. The Morgan fingerprint density at radius 3 is 2.00 bits per heavy atom. The smallest absolute Gasteiger partial charge is 0.0406 e. The Bertz CT molecular complexity index is 634. The lowest BCUT2D eigenvalue weighted by molar-refractivity contribution is 0.247. The maximum Gasteiger partial charge on any atom is 0.0406 e. The normalized spacial score (nSPS) is 15.7. The molecule has 0 aromatic heterocycles. The molecule has 2 aromatic rings. The van der Waals surface area contributed by atoms with E-state index in [1.165, 1.54) is 17.5 Å². The van der Waals surface area contributed by atoms with E-state index in [0.29, 0.717) is 0 Å². The molecule has 25 heavy (non-hydrogen) atoms. The third kappa shape index (κ3) is 7.04. The summed E-state index contributed by atoms with van der Waals surface area (Å²) in [5.41, 5.74) is 9.36. The molecule has 1 aliphatic heterocycles. The molecule has 0 atom stereocenters. The third-order valence-electron chi connectivity index (χ3n) is 4.36. The fraction of sp³-hybridized carbons (Fsp3) is 0.368.